The second kappa shape index (κ2) is 6.78. The van der Waals surface area contributed by atoms with Crippen LogP contribution in [-0.4, -0.2) is 24.4 Å². The van der Waals surface area contributed by atoms with Gasteiger partial charge in [-0.2, -0.15) is 5.26 Å². The van der Waals surface area contributed by atoms with Crippen molar-refractivity contribution in [1.82, 2.24) is 5.32 Å². The molecule has 1 heterocycles. The van der Waals surface area contributed by atoms with E-state index < -0.39 is 6.04 Å². The van der Waals surface area contributed by atoms with Crippen molar-refractivity contribution in [2.45, 2.75) is 26.3 Å². The Bertz CT molecular complexity index is 883. The van der Waals surface area contributed by atoms with Crippen LogP contribution in [0.5, 0.6) is 0 Å². The van der Waals surface area contributed by atoms with Gasteiger partial charge in [-0.25, -0.2) is 0 Å². The average Bonchev–Trinajstić information content (AvgIpc) is 2.98. The van der Waals surface area contributed by atoms with Crippen molar-refractivity contribution in [2.75, 3.05) is 11.4 Å². The number of aryl methyl sites for hydroxylation is 2. The summed E-state index contributed by atoms with van der Waals surface area (Å²) >= 11 is 0. The maximum absolute atomic E-state index is 12.7. The topological polar surface area (TPSA) is 73.2 Å². The lowest BCUT2D eigenvalue weighted by Gasteiger charge is -2.18. The minimum Gasteiger partial charge on any atom is -0.340 e. The van der Waals surface area contributed by atoms with Crippen molar-refractivity contribution < 1.29 is 9.59 Å². The van der Waals surface area contributed by atoms with Gasteiger partial charge in [-0.15, -0.1) is 0 Å². The van der Waals surface area contributed by atoms with E-state index in [1.54, 1.807) is 23.1 Å². The number of anilines is 1. The summed E-state index contributed by atoms with van der Waals surface area (Å²) in [5.41, 5.74) is 3.97. The monoisotopic (exact) mass is 333 g/mol. The molecule has 2 aromatic rings. The van der Waals surface area contributed by atoms with Crippen LogP contribution in [-0.2, 0) is 4.79 Å². The molecule has 0 saturated carbocycles. The number of amides is 2. The fourth-order valence-electron chi connectivity index (χ4n) is 2.94. The van der Waals surface area contributed by atoms with Crippen LogP contribution < -0.4 is 10.2 Å². The molecule has 1 aliphatic rings. The van der Waals surface area contributed by atoms with Gasteiger partial charge in [0.15, 0.2) is 0 Å². The lowest BCUT2D eigenvalue weighted by molar-refractivity contribution is -0.118. The summed E-state index contributed by atoms with van der Waals surface area (Å²) in [7, 11) is 0. The van der Waals surface area contributed by atoms with Crippen LogP contribution in [0.25, 0.3) is 0 Å². The Labute approximate surface area is 146 Å². The fourth-order valence-corrected chi connectivity index (χ4v) is 2.94. The van der Waals surface area contributed by atoms with Gasteiger partial charge in [-0.1, -0.05) is 12.1 Å². The Hall–Kier alpha value is -3.13. The van der Waals surface area contributed by atoms with Crippen LogP contribution in [0.15, 0.2) is 42.5 Å². The van der Waals surface area contributed by atoms with Crippen molar-refractivity contribution >= 4 is 17.5 Å². The molecule has 3 rings (SSSR count). The maximum atomic E-state index is 12.7. The zero-order valence-electron chi connectivity index (χ0n) is 14.2. The summed E-state index contributed by atoms with van der Waals surface area (Å²) in [6, 6.07) is 13.8. The predicted molar refractivity (Wildman–Crippen MR) is 95.3 cm³/mol. The molecule has 0 radical (unpaired) electrons. The highest BCUT2D eigenvalue weighted by atomic mass is 16.2. The second-order valence-corrected chi connectivity index (χ2v) is 6.27. The van der Waals surface area contributed by atoms with Crippen LogP contribution in [0, 0.1) is 25.2 Å². The predicted octanol–water partition coefficient (Wildman–Crippen LogP) is 2.71. The minimum absolute atomic E-state index is 0.104. The van der Waals surface area contributed by atoms with E-state index in [1.807, 2.05) is 38.1 Å². The molecule has 0 unspecified atom stereocenters. The zero-order valence-corrected chi connectivity index (χ0v) is 14.2. The van der Waals surface area contributed by atoms with Gasteiger partial charge in [0.2, 0.25) is 5.91 Å². The summed E-state index contributed by atoms with van der Waals surface area (Å²) in [6.45, 7) is 4.62. The Morgan fingerprint density at radius 3 is 2.72 bits per heavy atom. The molecule has 0 aliphatic carbocycles. The van der Waals surface area contributed by atoms with Gasteiger partial charge in [-0.05, 0) is 61.7 Å². The van der Waals surface area contributed by atoms with E-state index >= 15 is 0 Å². The number of nitrogens with one attached hydrogen (secondary N) is 1. The second-order valence-electron chi connectivity index (χ2n) is 6.27. The molecular formula is C20H19N3O2. The lowest BCUT2D eigenvalue weighted by Crippen LogP contribution is -2.41. The van der Waals surface area contributed by atoms with Gasteiger partial charge in [0, 0.05) is 17.8 Å². The molecule has 0 aromatic heterocycles. The van der Waals surface area contributed by atoms with E-state index in [2.05, 4.69) is 5.32 Å². The van der Waals surface area contributed by atoms with Gasteiger partial charge >= 0.3 is 0 Å². The molecule has 0 bridgehead atoms. The van der Waals surface area contributed by atoms with Crippen molar-refractivity contribution in [3.05, 3.63) is 64.7 Å². The molecule has 5 heteroatoms. The van der Waals surface area contributed by atoms with Crippen molar-refractivity contribution in [1.29, 1.82) is 5.26 Å². The summed E-state index contributed by atoms with van der Waals surface area (Å²) in [4.78, 5) is 26.7. The third kappa shape index (κ3) is 3.38. The highest BCUT2D eigenvalue weighted by Gasteiger charge is 2.33. The minimum atomic E-state index is -0.542. The molecule has 0 spiro atoms. The van der Waals surface area contributed by atoms with Gasteiger partial charge in [0.05, 0.1) is 11.6 Å². The van der Waals surface area contributed by atoms with E-state index in [0.29, 0.717) is 24.1 Å². The van der Waals surface area contributed by atoms with Crippen molar-refractivity contribution in [3.63, 3.8) is 0 Å². The first-order valence-corrected chi connectivity index (χ1v) is 8.19. The molecule has 25 heavy (non-hydrogen) atoms. The van der Waals surface area contributed by atoms with E-state index in [-0.39, 0.29) is 11.8 Å². The first-order valence-electron chi connectivity index (χ1n) is 8.19. The maximum Gasteiger partial charge on any atom is 0.251 e. The number of benzene rings is 2. The number of carbonyl (C=O) groups excluding carboxylic acids is 2. The Morgan fingerprint density at radius 1 is 1.20 bits per heavy atom. The molecule has 5 nitrogen and oxygen atoms in total. The average molecular weight is 333 g/mol. The number of rotatable bonds is 3. The molecule has 1 atom stereocenters. The van der Waals surface area contributed by atoms with E-state index in [1.165, 1.54) is 11.6 Å². The Morgan fingerprint density at radius 2 is 2.00 bits per heavy atom. The lowest BCUT2D eigenvalue weighted by atomic mass is 10.1. The number of hydrogen-bond acceptors (Lipinski definition) is 3. The number of hydrogen-bond donors (Lipinski definition) is 1. The van der Waals surface area contributed by atoms with Gasteiger partial charge in [-0.3, -0.25) is 9.59 Å². The number of nitriles is 1. The molecule has 1 N–H and O–H groups in total. The highest BCUT2D eigenvalue weighted by Crippen LogP contribution is 2.24. The van der Waals surface area contributed by atoms with E-state index in [4.69, 9.17) is 5.26 Å². The molecule has 1 saturated heterocycles. The highest BCUT2D eigenvalue weighted by molar-refractivity contribution is 6.04. The van der Waals surface area contributed by atoms with Crippen molar-refractivity contribution in [2.24, 2.45) is 0 Å². The smallest absolute Gasteiger partial charge is 0.251 e. The summed E-state index contributed by atoms with van der Waals surface area (Å²) in [5.74, 6) is -0.439. The first kappa shape index (κ1) is 16.7. The summed E-state index contributed by atoms with van der Waals surface area (Å²) in [5, 5.41) is 11.7. The Balaban J connectivity index is 1.72. The van der Waals surface area contributed by atoms with Gasteiger partial charge < -0.3 is 10.2 Å². The summed E-state index contributed by atoms with van der Waals surface area (Å²) < 4.78 is 0. The molecule has 2 amide bonds. The Kier molecular flexibility index (Phi) is 4.53. The number of carbonyl (C=O) groups is 2. The first-order chi connectivity index (χ1) is 12.0. The third-order valence-corrected chi connectivity index (χ3v) is 4.57. The molecule has 1 fully saturated rings. The molecule has 1 aliphatic heterocycles. The fraction of sp³-hybridized carbons (Fsp3) is 0.250. The number of nitrogens with zero attached hydrogens (tertiary/aromatic N) is 2. The van der Waals surface area contributed by atoms with Gasteiger partial charge in [0.1, 0.15) is 6.04 Å². The molecule has 126 valence electrons. The van der Waals surface area contributed by atoms with Crippen LogP contribution in [0.1, 0.15) is 33.5 Å². The summed E-state index contributed by atoms with van der Waals surface area (Å²) in [6.07, 6.45) is 0.565. The van der Waals surface area contributed by atoms with E-state index in [9.17, 15) is 9.59 Å². The normalized spacial score (nSPS) is 16.6. The largest absolute Gasteiger partial charge is 0.340 e. The van der Waals surface area contributed by atoms with Crippen LogP contribution in [0.3, 0.4) is 0 Å². The molecular weight excluding hydrogens is 314 g/mol. The van der Waals surface area contributed by atoms with Crippen LogP contribution in [0.4, 0.5) is 5.69 Å². The van der Waals surface area contributed by atoms with E-state index in [0.717, 1.165) is 11.3 Å². The van der Waals surface area contributed by atoms with Crippen LogP contribution in [0.2, 0.25) is 0 Å². The third-order valence-electron chi connectivity index (χ3n) is 4.57. The standard InChI is InChI=1S/C20H19N3O2/c1-13-6-7-17(10-14(13)2)23-9-8-18(20(23)25)22-19(24)16-5-3-4-15(11-16)12-21/h3-7,10-11,18H,8-9H2,1-2H3,(H,22,24)/t18-/m0/s1. The SMILES string of the molecule is Cc1ccc(N2CC[C@H](NC(=O)c3cccc(C#N)c3)C2=O)cc1C. The zero-order chi connectivity index (χ0) is 18.0. The van der Waals surface area contributed by atoms with Gasteiger partial charge in [0.25, 0.3) is 5.91 Å². The van der Waals surface area contributed by atoms with Crippen molar-refractivity contribution in [3.8, 4) is 6.07 Å². The molecule has 2 aromatic carbocycles. The van der Waals surface area contributed by atoms with Crippen LogP contribution >= 0.6 is 0 Å². The quantitative estimate of drug-likeness (QED) is 0.938.